The Morgan fingerprint density at radius 3 is 2.71 bits per heavy atom. The Morgan fingerprint density at radius 1 is 1.57 bits per heavy atom. The van der Waals surface area contributed by atoms with Gasteiger partial charge in [-0.1, -0.05) is 36.4 Å². The molecular weight excluding hydrogens is 373 g/mol. The first-order valence-electron chi connectivity index (χ1n) is 4.65. The lowest BCUT2D eigenvalue weighted by molar-refractivity contribution is 0.438. The first-order chi connectivity index (χ1) is 6.63. The van der Waals surface area contributed by atoms with E-state index in [2.05, 4.69) is 69.1 Å². The minimum absolute atomic E-state index is 0.622. The van der Waals surface area contributed by atoms with Crippen molar-refractivity contribution >= 4 is 49.9 Å². The van der Waals surface area contributed by atoms with Gasteiger partial charge in [-0.3, -0.25) is 0 Å². The molecule has 1 nitrogen and oxygen atoms in total. The fraction of sp³-hybridized carbons (Fsp3) is 0.600. The van der Waals surface area contributed by atoms with E-state index in [-0.39, 0.29) is 0 Å². The molecule has 14 heavy (non-hydrogen) atoms. The summed E-state index contributed by atoms with van der Waals surface area (Å²) in [6, 6.07) is 2.80. The lowest BCUT2D eigenvalue weighted by Crippen LogP contribution is -2.34. The van der Waals surface area contributed by atoms with Gasteiger partial charge in [0.1, 0.15) is 0 Å². The molecule has 0 aromatic carbocycles. The zero-order valence-electron chi connectivity index (χ0n) is 8.39. The van der Waals surface area contributed by atoms with Gasteiger partial charge in [0.25, 0.3) is 0 Å². The third-order valence-electron chi connectivity index (χ3n) is 2.13. The van der Waals surface area contributed by atoms with Crippen molar-refractivity contribution in [2.75, 3.05) is 4.43 Å². The predicted molar refractivity (Wildman–Crippen MR) is 76.4 cm³/mol. The third-order valence-corrected chi connectivity index (χ3v) is 4.78. The number of hydrogen-bond acceptors (Lipinski definition) is 2. The molecule has 0 saturated carbocycles. The van der Waals surface area contributed by atoms with Crippen LogP contribution in [0, 0.1) is 5.92 Å². The van der Waals surface area contributed by atoms with E-state index in [0.717, 1.165) is 6.54 Å². The molecule has 1 unspecified atom stereocenters. The maximum Gasteiger partial charge on any atom is 0.0303 e. The fourth-order valence-corrected chi connectivity index (χ4v) is 3.88. The van der Waals surface area contributed by atoms with Gasteiger partial charge in [-0.15, -0.1) is 11.3 Å². The highest BCUT2D eigenvalue weighted by atomic mass is 127. The Bertz CT molecular complexity index is 275. The van der Waals surface area contributed by atoms with Gasteiger partial charge in [-0.05, 0) is 27.9 Å². The van der Waals surface area contributed by atoms with Crippen molar-refractivity contribution in [3.8, 4) is 0 Å². The number of halogens is 2. The monoisotopic (exact) mass is 387 g/mol. The molecule has 0 fully saturated rings. The number of alkyl halides is 1. The Kier molecular flexibility index (Phi) is 5.96. The van der Waals surface area contributed by atoms with E-state index >= 15 is 0 Å². The van der Waals surface area contributed by atoms with Crippen molar-refractivity contribution < 1.29 is 0 Å². The maximum absolute atomic E-state index is 3.58. The van der Waals surface area contributed by atoms with E-state index in [4.69, 9.17) is 0 Å². The standard InChI is InChI=1S/C10H15BrINS/c1-7(2)10(4-12)13-5-9-3-8(11)6-14-9/h3,6-7,10,13H,4-5H2,1-2H3. The summed E-state index contributed by atoms with van der Waals surface area (Å²) in [7, 11) is 0. The summed E-state index contributed by atoms with van der Waals surface area (Å²) in [6.07, 6.45) is 0. The van der Waals surface area contributed by atoms with E-state index in [1.54, 1.807) is 11.3 Å². The topological polar surface area (TPSA) is 12.0 Å². The normalized spacial score (nSPS) is 13.5. The van der Waals surface area contributed by atoms with Crippen molar-refractivity contribution in [3.05, 3.63) is 20.8 Å². The molecule has 0 aliphatic heterocycles. The predicted octanol–water partition coefficient (Wildman–Crippen LogP) is 4.06. The molecular formula is C10H15BrINS. The van der Waals surface area contributed by atoms with Crippen LogP contribution in [0.2, 0.25) is 0 Å². The molecule has 1 atom stereocenters. The second-order valence-corrected chi connectivity index (χ2v) is 6.41. The van der Waals surface area contributed by atoms with Crippen molar-refractivity contribution in [1.29, 1.82) is 0 Å². The Morgan fingerprint density at radius 2 is 2.29 bits per heavy atom. The lowest BCUT2D eigenvalue weighted by atomic mass is 10.1. The van der Waals surface area contributed by atoms with E-state index < -0.39 is 0 Å². The Balaban J connectivity index is 2.39. The van der Waals surface area contributed by atoms with Gasteiger partial charge in [0, 0.05) is 31.7 Å². The van der Waals surface area contributed by atoms with Gasteiger partial charge in [0.05, 0.1) is 0 Å². The summed E-state index contributed by atoms with van der Waals surface area (Å²) >= 11 is 7.71. The van der Waals surface area contributed by atoms with E-state index in [0.29, 0.717) is 12.0 Å². The zero-order valence-corrected chi connectivity index (χ0v) is 12.9. The molecule has 1 N–H and O–H groups in total. The van der Waals surface area contributed by atoms with Crippen molar-refractivity contribution in [2.24, 2.45) is 5.92 Å². The van der Waals surface area contributed by atoms with Gasteiger partial charge in [-0.2, -0.15) is 0 Å². The molecule has 0 saturated heterocycles. The minimum Gasteiger partial charge on any atom is -0.308 e. The Hall–Kier alpha value is 0.870. The van der Waals surface area contributed by atoms with E-state index in [1.807, 2.05) is 0 Å². The molecule has 0 bridgehead atoms. The zero-order chi connectivity index (χ0) is 10.6. The minimum atomic E-state index is 0.622. The molecule has 1 rings (SSSR count). The average molecular weight is 388 g/mol. The number of nitrogens with one attached hydrogen (secondary N) is 1. The van der Waals surface area contributed by atoms with Gasteiger partial charge < -0.3 is 5.32 Å². The first-order valence-corrected chi connectivity index (χ1v) is 7.85. The molecule has 0 radical (unpaired) electrons. The van der Waals surface area contributed by atoms with Crippen molar-refractivity contribution in [1.82, 2.24) is 5.32 Å². The van der Waals surface area contributed by atoms with Crippen LogP contribution < -0.4 is 5.32 Å². The van der Waals surface area contributed by atoms with Crippen LogP contribution in [-0.2, 0) is 6.54 Å². The van der Waals surface area contributed by atoms with Crippen LogP contribution in [0.25, 0.3) is 0 Å². The largest absolute Gasteiger partial charge is 0.308 e. The summed E-state index contributed by atoms with van der Waals surface area (Å²) in [6.45, 7) is 5.52. The molecule has 1 aromatic rings. The number of thiophene rings is 1. The molecule has 0 amide bonds. The lowest BCUT2D eigenvalue weighted by Gasteiger charge is -2.19. The van der Waals surface area contributed by atoms with Crippen LogP contribution in [0.15, 0.2) is 15.9 Å². The molecule has 1 heterocycles. The van der Waals surface area contributed by atoms with Crippen LogP contribution in [0.1, 0.15) is 18.7 Å². The van der Waals surface area contributed by atoms with Gasteiger partial charge in [0.2, 0.25) is 0 Å². The third kappa shape index (κ3) is 4.16. The van der Waals surface area contributed by atoms with Crippen LogP contribution >= 0.6 is 49.9 Å². The summed E-state index contributed by atoms with van der Waals surface area (Å²) < 4.78 is 2.36. The highest BCUT2D eigenvalue weighted by Crippen LogP contribution is 2.19. The SMILES string of the molecule is CC(C)C(CI)NCc1cc(Br)cs1. The van der Waals surface area contributed by atoms with Crippen LogP contribution in [0.4, 0.5) is 0 Å². The number of hydrogen-bond donors (Lipinski definition) is 1. The fourth-order valence-electron chi connectivity index (χ4n) is 1.15. The van der Waals surface area contributed by atoms with Gasteiger partial charge in [-0.25, -0.2) is 0 Å². The second kappa shape index (κ2) is 6.45. The molecule has 0 aliphatic carbocycles. The van der Waals surface area contributed by atoms with Crippen molar-refractivity contribution in [2.45, 2.75) is 26.4 Å². The van der Waals surface area contributed by atoms with E-state index in [1.165, 1.54) is 13.8 Å². The average Bonchev–Trinajstić information content (AvgIpc) is 2.52. The van der Waals surface area contributed by atoms with Gasteiger partial charge in [0.15, 0.2) is 0 Å². The van der Waals surface area contributed by atoms with Crippen LogP contribution in [0.3, 0.4) is 0 Å². The highest BCUT2D eigenvalue weighted by Gasteiger charge is 2.10. The second-order valence-electron chi connectivity index (χ2n) is 3.62. The molecule has 4 heteroatoms. The molecule has 0 aliphatic rings. The number of rotatable bonds is 5. The maximum atomic E-state index is 3.58. The van der Waals surface area contributed by atoms with Crippen molar-refractivity contribution in [3.63, 3.8) is 0 Å². The first kappa shape index (κ1) is 12.9. The molecule has 1 aromatic heterocycles. The smallest absolute Gasteiger partial charge is 0.0303 e. The van der Waals surface area contributed by atoms with Crippen LogP contribution in [-0.4, -0.2) is 10.5 Å². The summed E-state index contributed by atoms with van der Waals surface area (Å²) in [5, 5.41) is 5.71. The summed E-state index contributed by atoms with van der Waals surface area (Å²) in [4.78, 5) is 1.40. The summed E-state index contributed by atoms with van der Waals surface area (Å²) in [5.74, 6) is 0.704. The quantitative estimate of drug-likeness (QED) is 0.593. The van der Waals surface area contributed by atoms with Crippen LogP contribution in [0.5, 0.6) is 0 Å². The van der Waals surface area contributed by atoms with Gasteiger partial charge >= 0.3 is 0 Å². The Labute approximate surface area is 112 Å². The van der Waals surface area contributed by atoms with E-state index in [9.17, 15) is 0 Å². The summed E-state index contributed by atoms with van der Waals surface area (Å²) in [5.41, 5.74) is 0. The molecule has 0 spiro atoms. The molecule has 80 valence electrons. The highest BCUT2D eigenvalue weighted by molar-refractivity contribution is 14.1.